The van der Waals surface area contributed by atoms with Crippen LogP contribution in [0.1, 0.15) is 82.6 Å². The van der Waals surface area contributed by atoms with E-state index >= 15 is 0 Å². The third-order valence-corrected chi connectivity index (χ3v) is 12.0. The normalized spacial score (nSPS) is 24.9. The molecule has 0 radical (unpaired) electrons. The van der Waals surface area contributed by atoms with Gasteiger partial charge in [0.1, 0.15) is 5.60 Å². The van der Waals surface area contributed by atoms with E-state index in [0.717, 1.165) is 5.56 Å². The van der Waals surface area contributed by atoms with Crippen LogP contribution in [-0.4, -0.2) is 61.2 Å². The van der Waals surface area contributed by atoms with Crippen molar-refractivity contribution in [1.29, 1.82) is 0 Å². The Labute approximate surface area is 216 Å². The van der Waals surface area contributed by atoms with Crippen LogP contribution in [0.4, 0.5) is 10.5 Å². The molecule has 10 heteroatoms. The van der Waals surface area contributed by atoms with Crippen LogP contribution in [0.15, 0.2) is 6.20 Å². The lowest BCUT2D eigenvalue weighted by Crippen LogP contribution is -2.63. The van der Waals surface area contributed by atoms with Gasteiger partial charge in [0.05, 0.1) is 35.2 Å². The number of carbonyl (C=O) groups is 2. The van der Waals surface area contributed by atoms with Crippen LogP contribution >= 0.6 is 0 Å². The lowest BCUT2D eigenvalue weighted by Gasteiger charge is -2.49. The molecule has 3 rings (SSSR count). The lowest BCUT2D eigenvalue weighted by atomic mass is 9.91. The van der Waals surface area contributed by atoms with Crippen molar-refractivity contribution in [1.82, 2.24) is 10.3 Å². The van der Waals surface area contributed by atoms with Crippen LogP contribution in [0.25, 0.3) is 0 Å². The predicted molar refractivity (Wildman–Crippen MR) is 143 cm³/mol. The van der Waals surface area contributed by atoms with Gasteiger partial charge < -0.3 is 30.2 Å². The molecule has 2 heterocycles. The van der Waals surface area contributed by atoms with E-state index in [9.17, 15) is 14.7 Å². The number of primary amides is 1. The van der Waals surface area contributed by atoms with E-state index in [1.807, 2.05) is 20.8 Å². The van der Waals surface area contributed by atoms with E-state index in [2.05, 4.69) is 56.0 Å². The number of aliphatic hydroxyl groups excluding tert-OH is 1. The molecule has 36 heavy (non-hydrogen) atoms. The highest BCUT2D eigenvalue weighted by molar-refractivity contribution is 6.74. The first kappa shape index (κ1) is 28.4. The number of ether oxygens (including phenoxy) is 1. The number of hydrogen-bond acceptors (Lipinski definition) is 7. The summed E-state index contributed by atoms with van der Waals surface area (Å²) < 4.78 is 12.5. The third-order valence-electron chi connectivity index (χ3n) is 7.57. The minimum absolute atomic E-state index is 0.00151. The largest absolute Gasteiger partial charge is 0.444 e. The van der Waals surface area contributed by atoms with Gasteiger partial charge in [0.25, 0.3) is 5.91 Å². The highest BCUT2D eigenvalue weighted by Crippen LogP contribution is 2.42. The highest BCUT2D eigenvalue weighted by atomic mass is 28.4. The van der Waals surface area contributed by atoms with Crippen LogP contribution in [0.3, 0.4) is 0 Å². The minimum Gasteiger partial charge on any atom is -0.444 e. The molecule has 0 aromatic carbocycles. The van der Waals surface area contributed by atoms with Gasteiger partial charge in [-0.3, -0.25) is 9.78 Å². The van der Waals surface area contributed by atoms with E-state index in [1.165, 1.54) is 6.20 Å². The zero-order valence-corrected chi connectivity index (χ0v) is 24.3. The number of piperidine rings is 1. The second-order valence-corrected chi connectivity index (χ2v) is 17.5. The van der Waals surface area contributed by atoms with Crippen molar-refractivity contribution in [2.24, 2.45) is 11.7 Å². The third kappa shape index (κ3) is 6.03. The summed E-state index contributed by atoms with van der Waals surface area (Å²) >= 11 is 0. The number of aliphatic hydroxyl groups is 1. The summed E-state index contributed by atoms with van der Waals surface area (Å²) in [6.07, 6.45) is 1.23. The Bertz CT molecular complexity index is 1000. The van der Waals surface area contributed by atoms with Crippen LogP contribution in [0.5, 0.6) is 0 Å². The molecule has 1 fully saturated rings. The van der Waals surface area contributed by atoms with Gasteiger partial charge in [-0.2, -0.15) is 0 Å². The molecule has 4 atom stereocenters. The zero-order chi connectivity index (χ0) is 27.2. The molecule has 9 nitrogen and oxygen atoms in total. The molecule has 0 saturated carbocycles. The van der Waals surface area contributed by atoms with Gasteiger partial charge in [-0.1, -0.05) is 27.7 Å². The maximum Gasteiger partial charge on any atom is 0.408 e. The molecule has 2 aliphatic rings. The summed E-state index contributed by atoms with van der Waals surface area (Å²) in [5, 5.41) is 13.5. The molecular formula is C26H44N4O5Si. The lowest BCUT2D eigenvalue weighted by molar-refractivity contribution is 0.0336. The van der Waals surface area contributed by atoms with Gasteiger partial charge in [0.15, 0.2) is 8.32 Å². The fraction of sp³-hybridized carbons (Fsp3) is 0.731. The van der Waals surface area contributed by atoms with E-state index in [0.29, 0.717) is 42.9 Å². The fourth-order valence-corrected chi connectivity index (χ4v) is 6.23. The number of nitrogens with two attached hydrogens (primary N) is 1. The van der Waals surface area contributed by atoms with Crippen molar-refractivity contribution >= 4 is 26.0 Å². The number of carbonyl (C=O) groups excluding carboxylic acids is 2. The molecule has 0 unspecified atom stereocenters. The van der Waals surface area contributed by atoms with Crippen molar-refractivity contribution in [3.8, 4) is 0 Å². The zero-order valence-electron chi connectivity index (χ0n) is 23.3. The summed E-state index contributed by atoms with van der Waals surface area (Å²) in [5.74, 6) is -0.533. The summed E-state index contributed by atoms with van der Waals surface area (Å²) in [5.41, 5.74) is 7.60. The first-order valence-corrected chi connectivity index (χ1v) is 15.7. The number of rotatable bonds is 5. The number of alkyl carbamates (subject to hydrolysis) is 1. The first-order chi connectivity index (χ1) is 16.4. The van der Waals surface area contributed by atoms with Crippen molar-refractivity contribution in [2.75, 3.05) is 18.0 Å². The van der Waals surface area contributed by atoms with Crippen LogP contribution in [0.2, 0.25) is 18.1 Å². The van der Waals surface area contributed by atoms with E-state index < -0.39 is 32.0 Å². The Morgan fingerprint density at radius 1 is 1.19 bits per heavy atom. The van der Waals surface area contributed by atoms with Crippen molar-refractivity contribution in [2.45, 2.75) is 103 Å². The van der Waals surface area contributed by atoms with Crippen LogP contribution < -0.4 is 16.0 Å². The average molecular weight is 521 g/mol. The fourth-order valence-electron chi connectivity index (χ4n) is 4.80. The molecule has 1 aromatic heterocycles. The molecule has 1 aliphatic heterocycles. The number of fused-ring (bicyclic) bond motifs is 1. The molecule has 0 spiro atoms. The van der Waals surface area contributed by atoms with Crippen LogP contribution in [-0.2, 0) is 15.6 Å². The molecule has 4 N–H and O–H groups in total. The monoisotopic (exact) mass is 520 g/mol. The second kappa shape index (κ2) is 9.94. The van der Waals surface area contributed by atoms with Crippen molar-refractivity contribution in [3.05, 3.63) is 23.0 Å². The highest BCUT2D eigenvalue weighted by Gasteiger charge is 2.46. The van der Waals surface area contributed by atoms with Crippen molar-refractivity contribution < 1.29 is 23.9 Å². The smallest absolute Gasteiger partial charge is 0.408 e. The standard InChI is InChI=1S/C26H44N4O5Si/c1-15-13-30(21-16-10-11-19(31)20(16)28-12-17(21)23(27)32)14-18(29-24(33)34-25(2,3)4)22(15)35-36(8,9)26(5,6)7/h12,15,18-19,22,31H,10-11,13-14H2,1-9H3,(H2,27,32)(H,29,33)/t15-,18+,19+,22+/m0/s1. The number of anilines is 1. The average Bonchev–Trinajstić information content (AvgIpc) is 3.08. The summed E-state index contributed by atoms with van der Waals surface area (Å²) in [4.78, 5) is 31.7. The van der Waals surface area contributed by atoms with Crippen LogP contribution in [0, 0.1) is 5.92 Å². The molecule has 202 valence electrons. The molecule has 0 bridgehead atoms. The Morgan fingerprint density at radius 2 is 1.83 bits per heavy atom. The van der Waals surface area contributed by atoms with Gasteiger partial charge in [0, 0.05) is 30.8 Å². The van der Waals surface area contributed by atoms with Crippen molar-refractivity contribution in [3.63, 3.8) is 0 Å². The van der Waals surface area contributed by atoms with E-state index in [4.69, 9.17) is 14.9 Å². The summed E-state index contributed by atoms with van der Waals surface area (Å²) in [6.45, 7) is 19.6. The summed E-state index contributed by atoms with van der Waals surface area (Å²) in [6, 6.07) is -0.381. The number of nitrogens with one attached hydrogen (secondary N) is 1. The Kier molecular flexibility index (Phi) is 7.84. The SMILES string of the molecule is C[C@H]1CN(c2c(C(N)=O)cnc3c2CC[C@H]3O)C[C@@H](NC(=O)OC(C)(C)C)[C@@H]1O[Si](C)(C)C(C)(C)C. The van der Waals surface area contributed by atoms with Gasteiger partial charge in [0.2, 0.25) is 0 Å². The molecule has 1 saturated heterocycles. The topological polar surface area (TPSA) is 127 Å². The van der Waals surface area contributed by atoms with Gasteiger partial charge in [-0.25, -0.2) is 4.79 Å². The Hall–Kier alpha value is -2.17. The predicted octanol–water partition coefficient (Wildman–Crippen LogP) is 3.90. The maximum atomic E-state index is 12.9. The minimum atomic E-state index is -2.16. The van der Waals surface area contributed by atoms with Gasteiger partial charge in [-0.15, -0.1) is 0 Å². The second-order valence-electron chi connectivity index (χ2n) is 12.8. The Morgan fingerprint density at radius 3 is 2.39 bits per heavy atom. The van der Waals surface area contributed by atoms with E-state index in [-0.39, 0.29) is 23.1 Å². The van der Waals surface area contributed by atoms with Gasteiger partial charge >= 0.3 is 6.09 Å². The van der Waals surface area contributed by atoms with E-state index in [1.54, 1.807) is 0 Å². The maximum absolute atomic E-state index is 12.9. The number of nitrogens with zero attached hydrogens (tertiary/aromatic N) is 2. The number of amides is 2. The number of aromatic nitrogens is 1. The first-order valence-electron chi connectivity index (χ1n) is 12.8. The Balaban J connectivity index is 2.00. The molecule has 2 amide bonds. The summed E-state index contributed by atoms with van der Waals surface area (Å²) in [7, 11) is -2.16. The molecule has 1 aromatic rings. The van der Waals surface area contributed by atoms with Gasteiger partial charge in [-0.05, 0) is 51.7 Å². The number of hydrogen-bond donors (Lipinski definition) is 3. The quantitative estimate of drug-likeness (QED) is 0.503. The molecule has 1 aliphatic carbocycles. The molecular weight excluding hydrogens is 476 g/mol. The number of pyridine rings is 1.